The third-order valence-corrected chi connectivity index (χ3v) is 11.4. The van der Waals surface area contributed by atoms with Gasteiger partial charge >= 0.3 is 12.1 Å². The van der Waals surface area contributed by atoms with Gasteiger partial charge in [-0.2, -0.15) is 0 Å². The summed E-state index contributed by atoms with van der Waals surface area (Å²) in [5, 5.41) is 36.7. The van der Waals surface area contributed by atoms with Gasteiger partial charge in [-0.05, 0) is 87.8 Å². The fourth-order valence-electron chi connectivity index (χ4n) is 7.79. The van der Waals surface area contributed by atoms with Gasteiger partial charge in [-0.3, -0.25) is 28.8 Å². The van der Waals surface area contributed by atoms with Crippen molar-refractivity contribution in [2.24, 2.45) is 0 Å². The average Bonchev–Trinajstić information content (AvgIpc) is 3.71. The number of aryl methyl sites for hydroxylation is 1. The van der Waals surface area contributed by atoms with Gasteiger partial charge in [0, 0.05) is 36.0 Å². The second kappa shape index (κ2) is 27.8. The van der Waals surface area contributed by atoms with Crippen molar-refractivity contribution >= 4 is 52.5 Å². The molecule has 1 aromatic heterocycles. The van der Waals surface area contributed by atoms with Crippen LogP contribution in [0.4, 0.5) is 4.79 Å². The summed E-state index contributed by atoms with van der Waals surface area (Å²) < 4.78 is 5.40. The van der Waals surface area contributed by atoms with Crippen LogP contribution in [0.2, 0.25) is 0 Å². The molecule has 0 saturated carbocycles. The van der Waals surface area contributed by atoms with Crippen LogP contribution in [-0.4, -0.2) is 99.2 Å². The lowest BCUT2D eigenvalue weighted by atomic mass is 10.0. The number of nitrogens with one attached hydrogen (secondary N) is 7. The van der Waals surface area contributed by atoms with Crippen LogP contribution in [0, 0.1) is 0 Å². The smallest absolute Gasteiger partial charge is 0.408 e. The van der Waals surface area contributed by atoms with Crippen molar-refractivity contribution in [3.63, 3.8) is 0 Å². The van der Waals surface area contributed by atoms with Crippen LogP contribution >= 0.6 is 0 Å². The fourth-order valence-corrected chi connectivity index (χ4v) is 7.79. The van der Waals surface area contributed by atoms with E-state index in [1.165, 1.54) is 17.7 Å². The molecule has 1 heterocycles. The molecule has 0 aliphatic carbocycles. The Balaban J connectivity index is 1.48. The van der Waals surface area contributed by atoms with Crippen LogP contribution in [0.3, 0.4) is 0 Å². The number of carboxylic acids is 1. The number of rotatable bonds is 28. The number of alkyl carbamates (subject to hydrolysis) is 1. The second-order valence-corrected chi connectivity index (χ2v) is 18.4. The molecule has 4 rings (SSSR count). The lowest BCUT2D eigenvalue weighted by Crippen LogP contribution is -2.57. The van der Waals surface area contributed by atoms with Crippen molar-refractivity contribution in [3.8, 4) is 5.75 Å². The Morgan fingerprint density at radius 1 is 0.623 bits per heavy atom. The van der Waals surface area contributed by atoms with Gasteiger partial charge in [0.2, 0.25) is 29.5 Å². The SMILES string of the molecule is CCCC[C@H](NC(=O)[C@H](Cc1ccc(O)cc1)NC(=O)OC(C)(C)C)C(=O)NCC(=O)N[C@H](Cc1c[nH]c2ccccc12)C(=O)N[C@@H](CCCC)C(=O)N[C@H](CCCCc1ccccc1)CC(=O)O. The van der Waals surface area contributed by atoms with E-state index in [9.17, 15) is 43.8 Å². The molecular formula is C52H71N7O10. The zero-order valence-electron chi connectivity index (χ0n) is 40.5. The Hall–Kier alpha value is -6.91. The topological polar surface area (TPSA) is 257 Å². The highest BCUT2D eigenvalue weighted by atomic mass is 16.6. The number of aromatic hydroxyl groups is 1. The fraction of sp³-hybridized carbons (Fsp3) is 0.481. The van der Waals surface area contributed by atoms with Crippen molar-refractivity contribution in [1.82, 2.24) is 36.9 Å². The van der Waals surface area contributed by atoms with E-state index < -0.39 is 84.0 Å². The van der Waals surface area contributed by atoms with E-state index in [0.29, 0.717) is 49.7 Å². The number of benzene rings is 3. The Labute approximate surface area is 404 Å². The van der Waals surface area contributed by atoms with Crippen molar-refractivity contribution in [2.75, 3.05) is 6.54 Å². The van der Waals surface area contributed by atoms with Crippen molar-refractivity contribution in [1.29, 1.82) is 0 Å². The van der Waals surface area contributed by atoms with Crippen LogP contribution in [0.5, 0.6) is 5.75 Å². The molecule has 0 aliphatic heterocycles. The van der Waals surface area contributed by atoms with E-state index >= 15 is 0 Å². The number of hydrogen-bond acceptors (Lipinski definition) is 9. The number of hydrogen-bond donors (Lipinski definition) is 9. The lowest BCUT2D eigenvalue weighted by molar-refractivity contribution is -0.138. The van der Waals surface area contributed by atoms with Gasteiger partial charge in [-0.15, -0.1) is 0 Å². The Morgan fingerprint density at radius 2 is 1.22 bits per heavy atom. The summed E-state index contributed by atoms with van der Waals surface area (Å²) in [6.45, 7) is 8.34. The first-order valence-corrected chi connectivity index (χ1v) is 24.0. The number of carboxylic acid groups (broad SMARTS) is 1. The van der Waals surface area contributed by atoms with E-state index in [-0.39, 0.29) is 37.9 Å². The van der Waals surface area contributed by atoms with Crippen LogP contribution in [0.1, 0.15) is 116 Å². The van der Waals surface area contributed by atoms with Gasteiger partial charge in [0.05, 0.1) is 13.0 Å². The largest absolute Gasteiger partial charge is 0.508 e. The highest BCUT2D eigenvalue weighted by Gasteiger charge is 2.31. The first-order chi connectivity index (χ1) is 32.9. The van der Waals surface area contributed by atoms with Crippen LogP contribution in [0.25, 0.3) is 10.9 Å². The normalized spacial score (nSPS) is 13.5. The van der Waals surface area contributed by atoms with E-state index in [1.54, 1.807) is 39.1 Å². The first kappa shape index (κ1) is 54.7. The first-order valence-electron chi connectivity index (χ1n) is 24.0. The van der Waals surface area contributed by atoms with E-state index in [4.69, 9.17) is 4.74 Å². The number of fused-ring (bicyclic) bond motifs is 1. The van der Waals surface area contributed by atoms with Gasteiger partial charge in [-0.1, -0.05) is 107 Å². The summed E-state index contributed by atoms with van der Waals surface area (Å²) in [6, 6.07) is 18.3. The third kappa shape index (κ3) is 19.7. The number of aliphatic carboxylic acids is 1. The van der Waals surface area contributed by atoms with E-state index in [2.05, 4.69) is 36.9 Å². The monoisotopic (exact) mass is 954 g/mol. The van der Waals surface area contributed by atoms with Gasteiger partial charge < -0.3 is 51.8 Å². The third-order valence-electron chi connectivity index (χ3n) is 11.4. The molecule has 0 spiro atoms. The summed E-state index contributed by atoms with van der Waals surface area (Å²) in [5.41, 5.74) is 2.45. The zero-order valence-corrected chi connectivity index (χ0v) is 40.5. The molecule has 6 amide bonds. The van der Waals surface area contributed by atoms with Gasteiger partial charge in [-0.25, -0.2) is 4.79 Å². The number of carbonyl (C=O) groups excluding carboxylic acids is 6. The quantitative estimate of drug-likeness (QED) is 0.0306. The molecule has 69 heavy (non-hydrogen) atoms. The molecule has 5 atom stereocenters. The number of aromatic nitrogens is 1. The van der Waals surface area contributed by atoms with Crippen molar-refractivity contribution in [2.45, 2.75) is 154 Å². The number of ether oxygens (including phenoxy) is 1. The molecule has 17 nitrogen and oxygen atoms in total. The van der Waals surface area contributed by atoms with Gasteiger partial charge in [0.25, 0.3) is 0 Å². The summed E-state index contributed by atoms with van der Waals surface area (Å²) in [4.78, 5) is 97.4. The van der Waals surface area contributed by atoms with Crippen molar-refractivity contribution < 1.29 is 48.5 Å². The molecule has 4 aromatic rings. The van der Waals surface area contributed by atoms with E-state index in [1.807, 2.05) is 68.4 Å². The molecule has 374 valence electrons. The molecule has 0 aliphatic rings. The summed E-state index contributed by atoms with van der Waals surface area (Å²) in [6.07, 6.45) is 6.33. The van der Waals surface area contributed by atoms with E-state index in [0.717, 1.165) is 23.7 Å². The highest BCUT2D eigenvalue weighted by molar-refractivity contribution is 5.96. The summed E-state index contributed by atoms with van der Waals surface area (Å²) >= 11 is 0. The molecule has 0 radical (unpaired) electrons. The predicted molar refractivity (Wildman–Crippen MR) is 263 cm³/mol. The van der Waals surface area contributed by atoms with Gasteiger partial charge in [0.15, 0.2) is 0 Å². The number of phenolic OH excluding ortho intramolecular Hbond substituents is 1. The molecule has 17 heteroatoms. The average molecular weight is 954 g/mol. The van der Waals surface area contributed by atoms with Crippen LogP contribution in [-0.2, 0) is 52.8 Å². The second-order valence-electron chi connectivity index (χ2n) is 18.4. The number of aromatic amines is 1. The maximum Gasteiger partial charge on any atom is 0.408 e. The molecule has 9 N–H and O–H groups in total. The highest BCUT2D eigenvalue weighted by Crippen LogP contribution is 2.20. The number of H-pyrrole nitrogens is 1. The minimum absolute atomic E-state index is 0.00876. The van der Waals surface area contributed by atoms with Crippen molar-refractivity contribution in [3.05, 3.63) is 102 Å². The number of carbonyl (C=O) groups is 7. The van der Waals surface area contributed by atoms with Gasteiger partial charge in [0.1, 0.15) is 35.5 Å². The Bertz CT molecular complexity index is 2290. The predicted octanol–water partition coefficient (Wildman–Crippen LogP) is 5.88. The molecule has 0 unspecified atom stereocenters. The molecular weight excluding hydrogens is 883 g/mol. The minimum atomic E-state index is -1.21. The number of para-hydroxylation sites is 1. The molecule has 0 fully saturated rings. The summed E-state index contributed by atoms with van der Waals surface area (Å²) in [7, 11) is 0. The maximum absolute atomic E-state index is 14.3. The van der Waals surface area contributed by atoms with Crippen LogP contribution < -0.4 is 31.9 Å². The molecule has 3 aromatic carbocycles. The molecule has 0 saturated heterocycles. The minimum Gasteiger partial charge on any atom is -0.508 e. The van der Waals surface area contributed by atoms with Crippen LogP contribution in [0.15, 0.2) is 85.1 Å². The summed E-state index contributed by atoms with van der Waals surface area (Å²) in [5.74, 6) is -4.28. The standard InChI is InChI=1S/C52H71N7O10/c1-6-8-22-41(57-49(66)43(59-51(68)69-52(3,4)5)29-35-25-27-38(60)28-26-35)47(64)54-33-45(61)56-44(30-36-32-53-40-24-16-15-21-39(36)40)50(67)58-42(23-9-7-2)48(65)55-37(31-46(62)63)20-14-13-19-34-17-11-10-12-18-34/h10-12,15-18,21,24-28,32,37,41-44,53,60H,6-9,13-14,19-20,22-23,29-31,33H2,1-5H3,(H,54,64)(H,55,65)(H,56,61)(H,57,66)(H,58,67)(H,59,68)(H,62,63)/t37-,41+,42+,43+,44-/m1/s1. The Morgan fingerprint density at radius 3 is 1.84 bits per heavy atom. The zero-order chi connectivity index (χ0) is 50.3. The number of phenols is 1. The number of amides is 6. The number of unbranched alkanes of at least 4 members (excludes halogenated alkanes) is 3. The maximum atomic E-state index is 14.3. The molecule has 0 bridgehead atoms. The lowest BCUT2D eigenvalue weighted by Gasteiger charge is -2.26. The Kier molecular flexibility index (Phi) is 22.0.